The molecule has 0 saturated carbocycles. The van der Waals surface area contributed by atoms with E-state index in [1.54, 1.807) is 26.8 Å². The lowest BCUT2D eigenvalue weighted by Crippen LogP contribution is -2.29. The molecular formula is C11H14NO4S-. The summed E-state index contributed by atoms with van der Waals surface area (Å²) >= 11 is 0. The van der Waals surface area contributed by atoms with Gasteiger partial charge < -0.3 is 9.76 Å². The fourth-order valence-electron chi connectivity index (χ4n) is 1.13. The van der Waals surface area contributed by atoms with Crippen molar-refractivity contribution in [2.24, 2.45) is 0 Å². The summed E-state index contributed by atoms with van der Waals surface area (Å²) < 4.78 is 33.6. The first-order valence-corrected chi connectivity index (χ1v) is 6.39. The van der Waals surface area contributed by atoms with E-state index in [0.29, 0.717) is 4.74 Å². The lowest BCUT2D eigenvalue weighted by Gasteiger charge is -2.19. The quantitative estimate of drug-likeness (QED) is 0.263. The van der Waals surface area contributed by atoms with Gasteiger partial charge in [0.15, 0.2) is 11.8 Å². The van der Waals surface area contributed by atoms with E-state index in [1.807, 2.05) is 0 Å². The van der Waals surface area contributed by atoms with Crippen molar-refractivity contribution in [3.8, 4) is 0 Å². The second kappa shape index (κ2) is 4.46. The molecule has 17 heavy (non-hydrogen) atoms. The number of hydrogen-bond donors (Lipinski definition) is 0. The molecule has 0 aliphatic heterocycles. The Hall–Kier alpha value is -1.40. The van der Waals surface area contributed by atoms with E-state index in [9.17, 15) is 18.2 Å². The molecule has 0 spiro atoms. The summed E-state index contributed by atoms with van der Waals surface area (Å²) in [6, 6.07) is 5.61. The molecule has 0 fully saturated rings. The van der Waals surface area contributed by atoms with E-state index in [1.165, 1.54) is 18.2 Å². The third kappa shape index (κ3) is 3.54. The summed E-state index contributed by atoms with van der Waals surface area (Å²) in [5.41, 5.74) is -0.591. The van der Waals surface area contributed by atoms with Crippen LogP contribution in [0.2, 0.25) is 0 Å². The van der Waals surface area contributed by atoms with E-state index in [4.69, 9.17) is 0 Å². The van der Waals surface area contributed by atoms with E-state index in [2.05, 4.69) is 0 Å². The standard InChI is InChI=1S/C11H15NO4S/c1-11(2,3)12(13)8-9-6-4-5-7-10(9)17(14,15)16/h4-8H,1-3H3,(H,14,15,16)/p-1. The van der Waals surface area contributed by atoms with Crippen LogP contribution >= 0.6 is 0 Å². The highest BCUT2D eigenvalue weighted by Crippen LogP contribution is 2.14. The van der Waals surface area contributed by atoms with Crippen LogP contribution in [0, 0.1) is 5.21 Å². The maximum Gasteiger partial charge on any atom is 0.183 e. The molecule has 6 heteroatoms. The fraction of sp³-hybridized carbons (Fsp3) is 0.364. The third-order valence-electron chi connectivity index (χ3n) is 2.11. The average molecular weight is 256 g/mol. The SMILES string of the molecule is CC(C)(C)[N+]([O-])=Cc1ccccc1S(=O)(=O)[O-]. The predicted octanol–water partition coefficient (Wildman–Crippen LogP) is 1.32. The van der Waals surface area contributed by atoms with Crippen LogP contribution < -0.4 is 0 Å². The molecule has 5 nitrogen and oxygen atoms in total. The second-order valence-corrected chi connectivity index (χ2v) is 5.97. The Balaban J connectivity index is 3.35. The Kier molecular flexibility index (Phi) is 3.59. The van der Waals surface area contributed by atoms with Crippen molar-refractivity contribution in [3.05, 3.63) is 35.0 Å². The van der Waals surface area contributed by atoms with E-state index < -0.39 is 15.7 Å². The zero-order chi connectivity index (χ0) is 13.3. The summed E-state index contributed by atoms with van der Waals surface area (Å²) in [5, 5.41) is 11.7. The van der Waals surface area contributed by atoms with Gasteiger partial charge in [-0.25, -0.2) is 13.2 Å². The molecule has 94 valence electrons. The van der Waals surface area contributed by atoms with Crippen LogP contribution in [0.1, 0.15) is 26.3 Å². The number of hydrogen-bond acceptors (Lipinski definition) is 4. The van der Waals surface area contributed by atoms with Gasteiger partial charge in [0, 0.05) is 20.8 Å². The van der Waals surface area contributed by atoms with Gasteiger partial charge >= 0.3 is 0 Å². The highest BCUT2D eigenvalue weighted by Gasteiger charge is 2.19. The Morgan fingerprint density at radius 3 is 2.24 bits per heavy atom. The molecule has 1 rings (SSSR count). The van der Waals surface area contributed by atoms with Crippen molar-refractivity contribution in [3.63, 3.8) is 0 Å². The fourth-order valence-corrected chi connectivity index (χ4v) is 1.79. The maximum absolute atomic E-state index is 11.7. The second-order valence-electron chi connectivity index (χ2n) is 4.62. The van der Waals surface area contributed by atoms with Crippen LogP contribution in [-0.4, -0.2) is 29.5 Å². The topological polar surface area (TPSA) is 83.3 Å². The van der Waals surface area contributed by atoms with Crippen LogP contribution in [0.25, 0.3) is 0 Å². The van der Waals surface area contributed by atoms with Crippen molar-refractivity contribution >= 4 is 16.3 Å². The molecule has 0 saturated heterocycles. The van der Waals surface area contributed by atoms with Crippen molar-refractivity contribution < 1.29 is 17.7 Å². The van der Waals surface area contributed by atoms with Gasteiger partial charge in [-0.15, -0.1) is 0 Å². The summed E-state index contributed by atoms with van der Waals surface area (Å²) in [6.07, 6.45) is 1.12. The molecule has 0 radical (unpaired) electrons. The third-order valence-corrected chi connectivity index (χ3v) is 3.02. The molecule has 0 amide bonds. The van der Waals surface area contributed by atoms with Gasteiger partial charge in [0.05, 0.1) is 10.5 Å². The molecule has 0 heterocycles. The molecule has 0 N–H and O–H groups in total. The summed E-state index contributed by atoms with van der Waals surface area (Å²) in [7, 11) is -4.57. The van der Waals surface area contributed by atoms with Gasteiger partial charge in [0.2, 0.25) is 0 Å². The van der Waals surface area contributed by atoms with Crippen LogP contribution in [0.5, 0.6) is 0 Å². The smallest absolute Gasteiger partial charge is 0.183 e. The van der Waals surface area contributed by atoms with E-state index >= 15 is 0 Å². The Labute approximate surface area is 101 Å². The Morgan fingerprint density at radius 1 is 1.24 bits per heavy atom. The summed E-state index contributed by atoms with van der Waals surface area (Å²) in [6.45, 7) is 5.06. The predicted molar refractivity (Wildman–Crippen MR) is 63.0 cm³/mol. The minimum atomic E-state index is -4.57. The van der Waals surface area contributed by atoms with Gasteiger partial charge in [0.25, 0.3) is 0 Å². The largest absolute Gasteiger partial charge is 0.744 e. The lowest BCUT2D eigenvalue weighted by atomic mass is 10.1. The number of nitrogens with zero attached hydrogens (tertiary/aromatic N) is 1. The van der Waals surface area contributed by atoms with Crippen molar-refractivity contribution in [1.29, 1.82) is 0 Å². The van der Waals surface area contributed by atoms with Gasteiger partial charge in [-0.3, -0.25) is 0 Å². The molecule has 0 aliphatic rings. The normalized spacial score (nSPS) is 13.8. The van der Waals surface area contributed by atoms with Gasteiger partial charge in [-0.05, 0) is 12.1 Å². The molecule has 1 aromatic carbocycles. The van der Waals surface area contributed by atoms with Gasteiger partial charge in [-0.1, -0.05) is 12.1 Å². The zero-order valence-electron chi connectivity index (χ0n) is 9.88. The first-order valence-electron chi connectivity index (χ1n) is 4.98. The number of rotatable bonds is 2. The van der Waals surface area contributed by atoms with Crippen LogP contribution in [0.3, 0.4) is 0 Å². The summed E-state index contributed by atoms with van der Waals surface area (Å²) in [5.74, 6) is 0. The van der Waals surface area contributed by atoms with Crippen molar-refractivity contribution in [2.75, 3.05) is 0 Å². The van der Waals surface area contributed by atoms with Gasteiger partial charge in [0.1, 0.15) is 10.1 Å². The molecular weight excluding hydrogens is 242 g/mol. The number of benzene rings is 1. The maximum atomic E-state index is 11.7. The lowest BCUT2D eigenvalue weighted by molar-refractivity contribution is -0.530. The zero-order valence-corrected chi connectivity index (χ0v) is 10.7. The van der Waals surface area contributed by atoms with Crippen LogP contribution in [0.4, 0.5) is 0 Å². The molecule has 0 aromatic heterocycles. The highest BCUT2D eigenvalue weighted by atomic mass is 32.2. The first-order chi connectivity index (χ1) is 7.62. The Morgan fingerprint density at radius 2 is 1.76 bits per heavy atom. The highest BCUT2D eigenvalue weighted by molar-refractivity contribution is 7.85. The minimum absolute atomic E-state index is 0.104. The monoisotopic (exact) mass is 256 g/mol. The van der Waals surface area contributed by atoms with E-state index in [0.717, 1.165) is 6.21 Å². The average Bonchev–Trinajstić information content (AvgIpc) is 2.15. The Bertz CT molecular complexity index is 541. The van der Waals surface area contributed by atoms with Crippen LogP contribution in [-0.2, 0) is 10.1 Å². The van der Waals surface area contributed by atoms with Gasteiger partial charge in [-0.2, -0.15) is 0 Å². The number of hydroxylamine groups is 1. The molecule has 0 bridgehead atoms. The van der Waals surface area contributed by atoms with Crippen molar-refractivity contribution in [2.45, 2.75) is 31.2 Å². The molecule has 0 aliphatic carbocycles. The van der Waals surface area contributed by atoms with E-state index in [-0.39, 0.29) is 10.5 Å². The minimum Gasteiger partial charge on any atom is -0.744 e. The molecule has 0 atom stereocenters. The molecule has 1 aromatic rings. The van der Waals surface area contributed by atoms with Crippen molar-refractivity contribution in [1.82, 2.24) is 0 Å². The van der Waals surface area contributed by atoms with Crippen LogP contribution in [0.15, 0.2) is 29.2 Å². The summed E-state index contributed by atoms with van der Waals surface area (Å²) in [4.78, 5) is -0.384. The first kappa shape index (κ1) is 13.7. The molecule has 0 unspecified atom stereocenters.